The first-order chi connectivity index (χ1) is 9.95. The summed E-state index contributed by atoms with van der Waals surface area (Å²) in [6.07, 6.45) is 0.442. The number of hydrogen-bond acceptors (Lipinski definition) is 5. The first-order valence-corrected chi connectivity index (χ1v) is 7.41. The van der Waals surface area contributed by atoms with Crippen molar-refractivity contribution in [2.45, 2.75) is 13.0 Å². The van der Waals surface area contributed by atoms with E-state index in [1.807, 2.05) is 0 Å². The Hall–Kier alpha value is -1.63. The van der Waals surface area contributed by atoms with Crippen LogP contribution >= 0.6 is 34.5 Å². The standard InChI is InChI=1S/C13H10Cl2N2O3S/c1-7(20-13(19)9-3-4-10(15)21-9)12(18)17-11-5-2-8(14)6-16-11/h2-7H,1H3,(H,16,17,18)/t7-/m0/s1. The molecule has 0 spiro atoms. The minimum absolute atomic E-state index is 0.325. The van der Waals surface area contributed by atoms with E-state index in [1.165, 1.54) is 13.1 Å². The molecule has 21 heavy (non-hydrogen) atoms. The van der Waals surface area contributed by atoms with E-state index in [2.05, 4.69) is 10.3 Å². The fourth-order valence-electron chi connectivity index (χ4n) is 1.37. The van der Waals surface area contributed by atoms with E-state index in [9.17, 15) is 9.59 Å². The zero-order valence-electron chi connectivity index (χ0n) is 10.8. The molecule has 0 aliphatic rings. The largest absolute Gasteiger partial charge is 0.448 e. The summed E-state index contributed by atoms with van der Waals surface area (Å²) < 4.78 is 5.53. The first kappa shape index (κ1) is 15.8. The number of aromatic nitrogens is 1. The van der Waals surface area contributed by atoms with Gasteiger partial charge in [-0.3, -0.25) is 4.79 Å². The van der Waals surface area contributed by atoms with Crippen LogP contribution < -0.4 is 5.32 Å². The number of halogens is 2. The van der Waals surface area contributed by atoms with Crippen LogP contribution in [-0.4, -0.2) is 23.0 Å². The molecule has 0 saturated carbocycles. The molecule has 8 heteroatoms. The molecule has 1 atom stereocenters. The summed E-state index contributed by atoms with van der Waals surface area (Å²) in [5.74, 6) is -0.758. The monoisotopic (exact) mass is 344 g/mol. The van der Waals surface area contributed by atoms with Gasteiger partial charge in [0.2, 0.25) is 0 Å². The topological polar surface area (TPSA) is 68.3 Å². The second-order valence-electron chi connectivity index (χ2n) is 4.00. The van der Waals surface area contributed by atoms with Crippen molar-refractivity contribution in [3.63, 3.8) is 0 Å². The molecule has 0 bridgehead atoms. The van der Waals surface area contributed by atoms with E-state index in [-0.39, 0.29) is 0 Å². The Kier molecular flexibility index (Phi) is 5.17. The third kappa shape index (κ3) is 4.42. The van der Waals surface area contributed by atoms with Crippen LogP contribution in [-0.2, 0) is 9.53 Å². The maximum absolute atomic E-state index is 11.9. The van der Waals surface area contributed by atoms with E-state index in [0.29, 0.717) is 20.1 Å². The molecule has 2 aromatic heterocycles. The number of pyridine rings is 1. The second-order valence-corrected chi connectivity index (χ2v) is 6.15. The Labute approximate surface area is 134 Å². The van der Waals surface area contributed by atoms with Crippen molar-refractivity contribution >= 4 is 52.2 Å². The molecule has 0 radical (unpaired) electrons. The number of nitrogens with zero attached hydrogens (tertiary/aromatic N) is 1. The Morgan fingerprint density at radius 3 is 2.62 bits per heavy atom. The van der Waals surface area contributed by atoms with Crippen molar-refractivity contribution in [3.05, 3.63) is 44.7 Å². The van der Waals surface area contributed by atoms with Crippen molar-refractivity contribution in [2.24, 2.45) is 0 Å². The number of thiophene rings is 1. The van der Waals surface area contributed by atoms with Gasteiger partial charge >= 0.3 is 5.97 Å². The van der Waals surface area contributed by atoms with Crippen molar-refractivity contribution in [1.82, 2.24) is 4.98 Å². The van der Waals surface area contributed by atoms with Crippen LogP contribution in [0.4, 0.5) is 5.82 Å². The molecule has 0 aromatic carbocycles. The Morgan fingerprint density at radius 1 is 1.29 bits per heavy atom. The number of carbonyl (C=O) groups is 2. The van der Waals surface area contributed by atoms with Gasteiger partial charge in [-0.1, -0.05) is 23.2 Å². The summed E-state index contributed by atoms with van der Waals surface area (Å²) in [5.41, 5.74) is 0. The molecule has 1 N–H and O–H groups in total. The average molecular weight is 345 g/mol. The zero-order valence-corrected chi connectivity index (χ0v) is 13.1. The van der Waals surface area contributed by atoms with Crippen LogP contribution in [0.5, 0.6) is 0 Å². The van der Waals surface area contributed by atoms with Crippen LogP contribution in [0.2, 0.25) is 9.36 Å². The molecule has 2 aromatic rings. The quantitative estimate of drug-likeness (QED) is 0.859. The second kappa shape index (κ2) is 6.89. The molecule has 0 unspecified atom stereocenters. The van der Waals surface area contributed by atoms with E-state index in [0.717, 1.165) is 11.3 Å². The summed E-state index contributed by atoms with van der Waals surface area (Å²) in [6.45, 7) is 1.47. The number of nitrogens with one attached hydrogen (secondary N) is 1. The van der Waals surface area contributed by atoms with Crippen molar-refractivity contribution in [1.29, 1.82) is 0 Å². The maximum Gasteiger partial charge on any atom is 0.349 e. The van der Waals surface area contributed by atoms with Gasteiger partial charge in [0.25, 0.3) is 5.91 Å². The molecule has 2 rings (SSSR count). The number of hydrogen-bond donors (Lipinski definition) is 1. The number of ether oxygens (including phenoxy) is 1. The van der Waals surface area contributed by atoms with Crippen LogP contribution in [0, 0.1) is 0 Å². The lowest BCUT2D eigenvalue weighted by molar-refractivity contribution is -0.123. The summed E-state index contributed by atoms with van der Waals surface area (Å²) in [5, 5.41) is 2.98. The lowest BCUT2D eigenvalue weighted by atomic mass is 10.3. The average Bonchev–Trinajstić information content (AvgIpc) is 2.88. The maximum atomic E-state index is 11.9. The normalized spacial score (nSPS) is 11.8. The van der Waals surface area contributed by atoms with Crippen molar-refractivity contribution in [2.75, 3.05) is 5.32 Å². The summed E-state index contributed by atoms with van der Waals surface area (Å²) in [6, 6.07) is 6.27. The highest BCUT2D eigenvalue weighted by Gasteiger charge is 2.20. The van der Waals surface area contributed by atoms with Gasteiger partial charge in [-0.25, -0.2) is 9.78 Å². The Bertz CT molecular complexity index is 658. The molecule has 0 fully saturated rings. The highest BCUT2D eigenvalue weighted by molar-refractivity contribution is 7.17. The lowest BCUT2D eigenvalue weighted by Gasteiger charge is -2.12. The fourth-order valence-corrected chi connectivity index (χ4v) is 2.41. The number of carbonyl (C=O) groups excluding carboxylic acids is 2. The van der Waals surface area contributed by atoms with Gasteiger partial charge in [-0.15, -0.1) is 11.3 Å². The van der Waals surface area contributed by atoms with Crippen molar-refractivity contribution in [3.8, 4) is 0 Å². The van der Waals surface area contributed by atoms with E-state index < -0.39 is 18.0 Å². The Balaban J connectivity index is 1.93. The minimum Gasteiger partial charge on any atom is -0.448 e. The van der Waals surface area contributed by atoms with E-state index in [4.69, 9.17) is 27.9 Å². The van der Waals surface area contributed by atoms with Gasteiger partial charge in [-0.05, 0) is 31.2 Å². The molecule has 0 aliphatic heterocycles. The van der Waals surface area contributed by atoms with Gasteiger partial charge in [0.1, 0.15) is 10.7 Å². The number of amides is 1. The summed E-state index contributed by atoms with van der Waals surface area (Å²) in [7, 11) is 0. The highest BCUT2D eigenvalue weighted by atomic mass is 35.5. The third-order valence-electron chi connectivity index (χ3n) is 2.41. The van der Waals surface area contributed by atoms with Gasteiger partial charge in [0.05, 0.1) is 9.36 Å². The van der Waals surface area contributed by atoms with Crippen molar-refractivity contribution < 1.29 is 14.3 Å². The Morgan fingerprint density at radius 2 is 2.05 bits per heavy atom. The summed E-state index contributed by atoms with van der Waals surface area (Å²) >= 11 is 12.5. The molecular weight excluding hydrogens is 335 g/mol. The molecule has 0 aliphatic carbocycles. The minimum atomic E-state index is -0.962. The zero-order chi connectivity index (χ0) is 15.4. The van der Waals surface area contributed by atoms with Gasteiger partial charge < -0.3 is 10.1 Å². The molecule has 5 nitrogen and oxygen atoms in total. The predicted molar refractivity (Wildman–Crippen MR) is 82.1 cm³/mol. The van der Waals surface area contributed by atoms with Gasteiger partial charge in [0, 0.05) is 6.20 Å². The van der Waals surface area contributed by atoms with Gasteiger partial charge in [0.15, 0.2) is 6.10 Å². The van der Waals surface area contributed by atoms with Crippen LogP contribution in [0.15, 0.2) is 30.5 Å². The number of anilines is 1. The SMILES string of the molecule is C[C@H](OC(=O)c1ccc(Cl)s1)C(=O)Nc1ccc(Cl)cn1. The van der Waals surface area contributed by atoms with Crippen LogP contribution in [0.25, 0.3) is 0 Å². The molecule has 110 valence electrons. The number of rotatable bonds is 4. The van der Waals surface area contributed by atoms with Crippen LogP contribution in [0.1, 0.15) is 16.6 Å². The highest BCUT2D eigenvalue weighted by Crippen LogP contribution is 2.22. The van der Waals surface area contributed by atoms with E-state index >= 15 is 0 Å². The molecular formula is C13H10Cl2N2O3S. The number of esters is 1. The molecule has 0 saturated heterocycles. The van der Waals surface area contributed by atoms with Crippen LogP contribution in [0.3, 0.4) is 0 Å². The molecule has 1 amide bonds. The first-order valence-electron chi connectivity index (χ1n) is 5.84. The smallest absolute Gasteiger partial charge is 0.349 e. The molecule has 2 heterocycles. The lowest BCUT2D eigenvalue weighted by Crippen LogP contribution is -2.30. The van der Waals surface area contributed by atoms with Gasteiger partial charge in [-0.2, -0.15) is 0 Å². The van der Waals surface area contributed by atoms with E-state index in [1.54, 1.807) is 24.3 Å². The third-order valence-corrected chi connectivity index (χ3v) is 3.84. The predicted octanol–water partition coefficient (Wildman–Crippen LogP) is 3.63. The fraction of sp³-hybridized carbons (Fsp3) is 0.154. The summed E-state index contributed by atoms with van der Waals surface area (Å²) in [4.78, 5) is 27.9.